The number of imidazole rings is 1. The van der Waals surface area contributed by atoms with Crippen molar-refractivity contribution in [1.29, 1.82) is 5.26 Å². The Balaban J connectivity index is 1.65. The number of amides is 1. The molecule has 0 aliphatic rings. The molecular weight excluding hydrogens is 674 g/mol. The van der Waals surface area contributed by atoms with E-state index in [1.807, 2.05) is 85.9 Å². The number of benzene rings is 6. The lowest BCUT2D eigenvalue weighted by molar-refractivity contribution is 0.100. The summed E-state index contributed by atoms with van der Waals surface area (Å²) in [6.45, 7) is 2.00. The Kier molecular flexibility index (Phi) is 10.1. The van der Waals surface area contributed by atoms with Crippen molar-refractivity contribution in [3.05, 3.63) is 208 Å². The highest BCUT2D eigenvalue weighted by Crippen LogP contribution is 2.45. The summed E-state index contributed by atoms with van der Waals surface area (Å²) < 4.78 is 24.6. The van der Waals surface area contributed by atoms with E-state index in [1.165, 1.54) is 7.11 Å². The summed E-state index contributed by atoms with van der Waals surface area (Å²) in [5.41, 5.74) is 11.2. The number of methoxy groups -OCH3 is 1. The number of hydrogen-bond acceptors (Lipinski definition) is 5. The SMILES string of the molecule is CCc1cc(OC)c(F)c(C(Nc2ccc(C#N)cc2)c2nc(-c3ccccc3C(N)=O)cn2C(c2ccccc2)(c2ccccc2)c2ccccc2)c1. The zero-order valence-electron chi connectivity index (χ0n) is 29.9. The van der Waals surface area contributed by atoms with E-state index in [1.54, 1.807) is 42.5 Å². The van der Waals surface area contributed by atoms with Gasteiger partial charge < -0.3 is 20.4 Å². The summed E-state index contributed by atoms with van der Waals surface area (Å²) in [4.78, 5) is 18.2. The lowest BCUT2D eigenvalue weighted by Crippen LogP contribution is -2.39. The van der Waals surface area contributed by atoms with Crippen molar-refractivity contribution in [2.45, 2.75) is 24.9 Å². The lowest BCUT2D eigenvalue weighted by atomic mass is 9.76. The summed E-state index contributed by atoms with van der Waals surface area (Å²) in [5, 5.41) is 13.2. The molecule has 1 unspecified atom stereocenters. The molecule has 3 N–H and O–H groups in total. The third kappa shape index (κ3) is 6.48. The molecule has 0 saturated heterocycles. The van der Waals surface area contributed by atoms with Gasteiger partial charge in [0, 0.05) is 28.6 Å². The van der Waals surface area contributed by atoms with Crippen molar-refractivity contribution in [3.63, 3.8) is 0 Å². The largest absolute Gasteiger partial charge is 0.494 e. The minimum absolute atomic E-state index is 0.105. The van der Waals surface area contributed by atoms with E-state index in [-0.39, 0.29) is 5.75 Å². The van der Waals surface area contributed by atoms with Gasteiger partial charge in [-0.2, -0.15) is 5.26 Å². The summed E-state index contributed by atoms with van der Waals surface area (Å²) in [6.07, 6.45) is 2.55. The lowest BCUT2D eigenvalue weighted by Gasteiger charge is -2.39. The molecule has 0 spiro atoms. The first-order valence-corrected chi connectivity index (χ1v) is 17.7. The fraction of sp³-hybridized carbons (Fsp3) is 0.109. The number of nitriles is 1. The third-order valence-electron chi connectivity index (χ3n) is 9.79. The Hall–Kier alpha value is -6.98. The predicted molar refractivity (Wildman–Crippen MR) is 210 cm³/mol. The Morgan fingerprint density at radius 3 is 1.93 bits per heavy atom. The minimum Gasteiger partial charge on any atom is -0.494 e. The maximum absolute atomic E-state index is 16.9. The third-order valence-corrected chi connectivity index (χ3v) is 9.79. The molecule has 7 nitrogen and oxygen atoms in total. The number of nitrogens with zero attached hydrogens (tertiary/aromatic N) is 3. The molecule has 0 radical (unpaired) electrons. The van der Waals surface area contributed by atoms with Crippen molar-refractivity contribution >= 4 is 11.6 Å². The highest BCUT2D eigenvalue weighted by Gasteiger charge is 2.42. The van der Waals surface area contributed by atoms with Crippen molar-refractivity contribution in [2.24, 2.45) is 5.73 Å². The molecule has 0 fully saturated rings. The molecule has 1 heterocycles. The number of nitrogens with one attached hydrogen (secondary N) is 1. The molecule has 1 atom stereocenters. The standard InChI is InChI=1S/C46H38FN5O2/c1-3-31-27-39(42(47)41(28-31)54-2)43(50-36-25-23-32(29-48)24-26-36)45-51-40(37-21-13-14-22-38(37)44(49)53)30-52(45)46(33-15-7-4-8-16-33,34-17-9-5-10-18-34)35-19-11-6-12-20-35/h4-28,30,43,50H,3H2,1-2H3,(H2,49,53). The molecule has 266 valence electrons. The minimum atomic E-state index is -1.07. The van der Waals surface area contributed by atoms with Gasteiger partial charge in [0.15, 0.2) is 11.6 Å². The Labute approximate surface area is 314 Å². The van der Waals surface area contributed by atoms with Crippen LogP contribution in [0, 0.1) is 17.1 Å². The van der Waals surface area contributed by atoms with Gasteiger partial charge in [-0.05, 0) is 65.1 Å². The van der Waals surface area contributed by atoms with E-state index in [4.69, 9.17) is 15.5 Å². The summed E-state index contributed by atoms with van der Waals surface area (Å²) in [5.74, 6) is -0.590. The second-order valence-electron chi connectivity index (χ2n) is 12.9. The second-order valence-corrected chi connectivity index (χ2v) is 12.9. The predicted octanol–water partition coefficient (Wildman–Crippen LogP) is 9.27. The molecule has 1 aromatic heterocycles. The van der Waals surface area contributed by atoms with Gasteiger partial charge in [-0.25, -0.2) is 9.37 Å². The normalized spacial score (nSPS) is 11.7. The average molecular weight is 712 g/mol. The quantitative estimate of drug-likeness (QED) is 0.123. The van der Waals surface area contributed by atoms with Crippen LogP contribution in [0.3, 0.4) is 0 Å². The highest BCUT2D eigenvalue weighted by atomic mass is 19.1. The number of hydrogen-bond donors (Lipinski definition) is 2. The maximum Gasteiger partial charge on any atom is 0.249 e. The molecule has 1 amide bonds. The van der Waals surface area contributed by atoms with Crippen LogP contribution in [0.25, 0.3) is 11.3 Å². The van der Waals surface area contributed by atoms with E-state index in [0.29, 0.717) is 45.9 Å². The van der Waals surface area contributed by atoms with Crippen LogP contribution < -0.4 is 15.8 Å². The first kappa shape index (κ1) is 35.4. The van der Waals surface area contributed by atoms with Crippen LogP contribution in [0.4, 0.5) is 10.1 Å². The number of primary amides is 1. The number of nitrogens with two attached hydrogens (primary N) is 1. The van der Waals surface area contributed by atoms with Gasteiger partial charge in [-0.3, -0.25) is 4.79 Å². The van der Waals surface area contributed by atoms with E-state index >= 15 is 4.39 Å². The topological polar surface area (TPSA) is 106 Å². The van der Waals surface area contributed by atoms with E-state index in [9.17, 15) is 10.1 Å². The van der Waals surface area contributed by atoms with Crippen LogP contribution in [0.1, 0.15) is 62.5 Å². The highest BCUT2D eigenvalue weighted by molar-refractivity contribution is 5.99. The van der Waals surface area contributed by atoms with E-state index in [2.05, 4.69) is 52.4 Å². The fourth-order valence-electron chi connectivity index (χ4n) is 7.20. The number of aryl methyl sites for hydroxylation is 1. The van der Waals surface area contributed by atoms with Crippen LogP contribution in [-0.2, 0) is 12.0 Å². The maximum atomic E-state index is 16.9. The van der Waals surface area contributed by atoms with Crippen molar-refractivity contribution in [3.8, 4) is 23.1 Å². The molecule has 0 aliphatic heterocycles. The smallest absolute Gasteiger partial charge is 0.249 e. The number of carbonyl (C=O) groups is 1. The van der Waals surface area contributed by atoms with Crippen molar-refractivity contribution in [1.82, 2.24) is 9.55 Å². The molecule has 0 aliphatic carbocycles. The van der Waals surface area contributed by atoms with Gasteiger partial charge >= 0.3 is 0 Å². The molecule has 54 heavy (non-hydrogen) atoms. The van der Waals surface area contributed by atoms with Crippen LogP contribution in [0.2, 0.25) is 0 Å². The summed E-state index contributed by atoms with van der Waals surface area (Å²) in [6, 6.07) is 49.2. The molecule has 7 rings (SSSR count). The van der Waals surface area contributed by atoms with Gasteiger partial charge in [0.25, 0.3) is 0 Å². The van der Waals surface area contributed by atoms with Gasteiger partial charge in [0.1, 0.15) is 17.4 Å². The molecule has 6 aromatic carbocycles. The monoisotopic (exact) mass is 711 g/mol. The molecule has 0 bridgehead atoms. The van der Waals surface area contributed by atoms with Crippen LogP contribution in [0.15, 0.2) is 158 Å². The van der Waals surface area contributed by atoms with Gasteiger partial charge in [0.2, 0.25) is 5.91 Å². The molecule has 0 saturated carbocycles. The number of halogens is 1. The second kappa shape index (κ2) is 15.3. The molecule has 8 heteroatoms. The van der Waals surface area contributed by atoms with Crippen LogP contribution >= 0.6 is 0 Å². The number of carbonyl (C=O) groups excluding carboxylic acids is 1. The van der Waals surface area contributed by atoms with E-state index < -0.39 is 23.3 Å². The zero-order chi connectivity index (χ0) is 37.7. The molecule has 7 aromatic rings. The average Bonchev–Trinajstić information content (AvgIpc) is 3.67. The van der Waals surface area contributed by atoms with Gasteiger partial charge in [0.05, 0.1) is 24.4 Å². The van der Waals surface area contributed by atoms with Crippen molar-refractivity contribution in [2.75, 3.05) is 12.4 Å². The Bertz CT molecular complexity index is 2340. The first-order chi connectivity index (χ1) is 26.4. The Morgan fingerprint density at radius 2 is 1.41 bits per heavy atom. The fourth-order valence-corrected chi connectivity index (χ4v) is 7.20. The zero-order valence-corrected chi connectivity index (χ0v) is 29.9. The van der Waals surface area contributed by atoms with Crippen LogP contribution in [-0.4, -0.2) is 22.6 Å². The number of rotatable bonds is 12. The van der Waals surface area contributed by atoms with Gasteiger partial charge in [-0.1, -0.05) is 122 Å². The van der Waals surface area contributed by atoms with E-state index in [0.717, 1.165) is 22.3 Å². The Morgan fingerprint density at radius 1 is 0.852 bits per heavy atom. The number of aromatic nitrogens is 2. The van der Waals surface area contributed by atoms with Crippen LogP contribution in [0.5, 0.6) is 5.75 Å². The first-order valence-electron chi connectivity index (χ1n) is 17.7. The summed E-state index contributed by atoms with van der Waals surface area (Å²) >= 11 is 0. The number of anilines is 1. The van der Waals surface area contributed by atoms with Gasteiger partial charge in [-0.15, -0.1) is 0 Å². The van der Waals surface area contributed by atoms with Crippen molar-refractivity contribution < 1.29 is 13.9 Å². The molecular formula is C46H38FN5O2. The number of ether oxygens (including phenoxy) is 1. The summed E-state index contributed by atoms with van der Waals surface area (Å²) in [7, 11) is 1.45.